The molecule has 116 valence electrons. The van der Waals surface area contributed by atoms with Crippen LogP contribution >= 0.6 is 11.6 Å². The third-order valence-corrected chi connectivity index (χ3v) is 3.41. The molecule has 0 atom stereocenters. The van der Waals surface area contributed by atoms with Gasteiger partial charge in [-0.05, 0) is 32.0 Å². The molecule has 0 saturated heterocycles. The Labute approximate surface area is 133 Å². The lowest BCUT2D eigenvalue weighted by Gasteiger charge is -2.18. The minimum Gasteiger partial charge on any atom is -0.341 e. The first-order chi connectivity index (χ1) is 10.5. The zero-order valence-electron chi connectivity index (χ0n) is 12.3. The number of carbonyl (C=O) groups excluding carboxylic acids is 1. The number of anilines is 2. The maximum absolute atomic E-state index is 13.1. The Kier molecular flexibility index (Phi) is 5.27. The van der Waals surface area contributed by atoms with Crippen LogP contribution in [0.5, 0.6) is 0 Å². The minimum atomic E-state index is -0.536. The molecule has 1 amide bonds. The van der Waals surface area contributed by atoms with Crippen LogP contribution < -0.4 is 10.2 Å². The number of hydrogen-bond donors (Lipinski definition) is 1. The summed E-state index contributed by atoms with van der Waals surface area (Å²) in [7, 11) is 0. The highest BCUT2D eigenvalue weighted by atomic mass is 35.5. The molecule has 0 radical (unpaired) electrons. The number of rotatable bonds is 5. The van der Waals surface area contributed by atoms with Crippen molar-refractivity contribution in [2.75, 3.05) is 23.3 Å². The first-order valence-electron chi connectivity index (χ1n) is 6.88. The summed E-state index contributed by atoms with van der Waals surface area (Å²) in [5.41, 5.74) is 0.723. The van der Waals surface area contributed by atoms with E-state index in [1.165, 1.54) is 30.6 Å². The van der Waals surface area contributed by atoms with E-state index in [1.807, 2.05) is 18.7 Å². The number of nitrogens with zero attached hydrogens (tertiary/aromatic N) is 3. The second-order valence-electron chi connectivity index (χ2n) is 4.53. The largest absolute Gasteiger partial charge is 0.341 e. The second kappa shape index (κ2) is 7.17. The monoisotopic (exact) mass is 322 g/mol. The Hall–Kier alpha value is -2.21. The fraction of sp³-hybridized carbons (Fsp3) is 0.267. The van der Waals surface area contributed by atoms with E-state index in [1.54, 1.807) is 0 Å². The molecule has 0 unspecified atom stereocenters. The van der Waals surface area contributed by atoms with Crippen molar-refractivity contribution >= 4 is 29.1 Å². The van der Waals surface area contributed by atoms with Gasteiger partial charge in [0.2, 0.25) is 5.95 Å². The summed E-state index contributed by atoms with van der Waals surface area (Å²) in [5.74, 6) is -0.341. The molecule has 1 aromatic carbocycles. The molecule has 1 heterocycles. The molecule has 2 rings (SSSR count). The summed E-state index contributed by atoms with van der Waals surface area (Å²) in [6.45, 7) is 5.59. The van der Waals surface area contributed by atoms with Gasteiger partial charge in [-0.2, -0.15) is 0 Å². The molecular formula is C15H16ClFN4O. The number of hydrogen-bond acceptors (Lipinski definition) is 4. The van der Waals surface area contributed by atoms with Crippen LogP contribution in [0.15, 0.2) is 30.6 Å². The van der Waals surface area contributed by atoms with Crippen molar-refractivity contribution in [2.45, 2.75) is 13.8 Å². The number of benzene rings is 1. The minimum absolute atomic E-state index is 0.0501. The van der Waals surface area contributed by atoms with Crippen LogP contribution in [0.25, 0.3) is 0 Å². The highest BCUT2D eigenvalue weighted by Crippen LogP contribution is 2.19. The van der Waals surface area contributed by atoms with E-state index < -0.39 is 5.82 Å². The van der Waals surface area contributed by atoms with E-state index >= 15 is 0 Å². The van der Waals surface area contributed by atoms with Gasteiger partial charge in [-0.1, -0.05) is 11.6 Å². The predicted octanol–water partition coefficient (Wildman–Crippen LogP) is 3.37. The number of aromatic nitrogens is 2. The van der Waals surface area contributed by atoms with Gasteiger partial charge in [0.15, 0.2) is 0 Å². The van der Waals surface area contributed by atoms with Gasteiger partial charge >= 0.3 is 0 Å². The number of halogens is 2. The summed E-state index contributed by atoms with van der Waals surface area (Å²) >= 11 is 5.67. The lowest BCUT2D eigenvalue weighted by atomic mass is 10.2. The highest BCUT2D eigenvalue weighted by molar-refractivity contribution is 6.31. The second-order valence-corrected chi connectivity index (χ2v) is 4.93. The Morgan fingerprint density at radius 1 is 1.27 bits per heavy atom. The van der Waals surface area contributed by atoms with E-state index in [9.17, 15) is 9.18 Å². The topological polar surface area (TPSA) is 58.1 Å². The highest BCUT2D eigenvalue weighted by Gasteiger charge is 2.11. The standard InChI is InChI=1S/C15H16ClFN4O/c1-3-21(4-2)15-18-8-10(9-19-15)14(22)20-11-5-6-13(17)12(16)7-11/h5-9H,3-4H2,1-2H3,(H,20,22). The molecule has 0 fully saturated rings. The Morgan fingerprint density at radius 3 is 2.45 bits per heavy atom. The summed E-state index contributed by atoms with van der Waals surface area (Å²) in [4.78, 5) is 22.4. The first kappa shape index (κ1) is 16.2. The van der Waals surface area contributed by atoms with Crippen molar-refractivity contribution in [3.8, 4) is 0 Å². The third-order valence-electron chi connectivity index (χ3n) is 3.12. The summed E-state index contributed by atoms with van der Waals surface area (Å²) in [6, 6.07) is 3.97. The molecule has 0 aliphatic heterocycles. The van der Waals surface area contributed by atoms with Gasteiger partial charge < -0.3 is 10.2 Å². The molecule has 0 saturated carbocycles. The van der Waals surface area contributed by atoms with Crippen LogP contribution in [0.3, 0.4) is 0 Å². The van der Waals surface area contributed by atoms with Crippen molar-refractivity contribution in [3.05, 3.63) is 47.0 Å². The summed E-state index contributed by atoms with van der Waals surface area (Å²) < 4.78 is 13.1. The Bertz CT molecular complexity index is 659. The molecule has 0 aliphatic carbocycles. The van der Waals surface area contributed by atoms with Crippen molar-refractivity contribution in [1.82, 2.24) is 9.97 Å². The van der Waals surface area contributed by atoms with Gasteiger partial charge in [0.25, 0.3) is 5.91 Å². The Morgan fingerprint density at radius 2 is 1.91 bits per heavy atom. The van der Waals surface area contributed by atoms with E-state index in [4.69, 9.17) is 11.6 Å². The quantitative estimate of drug-likeness (QED) is 0.917. The lowest BCUT2D eigenvalue weighted by Crippen LogP contribution is -2.24. The number of nitrogens with one attached hydrogen (secondary N) is 1. The van der Waals surface area contributed by atoms with Gasteiger partial charge in [0.1, 0.15) is 5.82 Å². The Balaban J connectivity index is 2.11. The molecule has 2 aromatic rings. The van der Waals surface area contributed by atoms with Crippen molar-refractivity contribution in [1.29, 1.82) is 0 Å². The van der Waals surface area contributed by atoms with Crippen molar-refractivity contribution in [2.24, 2.45) is 0 Å². The van der Waals surface area contributed by atoms with E-state index in [0.717, 1.165) is 13.1 Å². The van der Waals surface area contributed by atoms with Crippen molar-refractivity contribution < 1.29 is 9.18 Å². The molecule has 1 N–H and O–H groups in total. The zero-order chi connectivity index (χ0) is 16.1. The van der Waals surface area contributed by atoms with Gasteiger partial charge in [-0.3, -0.25) is 4.79 Å². The fourth-order valence-corrected chi connectivity index (χ4v) is 2.07. The van der Waals surface area contributed by atoms with Gasteiger partial charge in [-0.15, -0.1) is 0 Å². The first-order valence-corrected chi connectivity index (χ1v) is 7.26. The molecule has 1 aromatic heterocycles. The smallest absolute Gasteiger partial charge is 0.258 e. The lowest BCUT2D eigenvalue weighted by molar-refractivity contribution is 0.102. The predicted molar refractivity (Wildman–Crippen MR) is 85.0 cm³/mol. The summed E-state index contributed by atoms with van der Waals surface area (Å²) in [6.07, 6.45) is 2.92. The van der Waals surface area contributed by atoms with Crippen molar-refractivity contribution in [3.63, 3.8) is 0 Å². The van der Waals surface area contributed by atoms with E-state index in [0.29, 0.717) is 17.2 Å². The molecule has 22 heavy (non-hydrogen) atoms. The molecule has 0 spiro atoms. The molecule has 0 bridgehead atoms. The maximum atomic E-state index is 13.1. The molecule has 7 heteroatoms. The maximum Gasteiger partial charge on any atom is 0.258 e. The van der Waals surface area contributed by atoms with Crippen LogP contribution in [-0.2, 0) is 0 Å². The summed E-state index contributed by atoms with van der Waals surface area (Å²) in [5, 5.41) is 2.57. The molecule has 5 nitrogen and oxygen atoms in total. The van der Waals surface area contributed by atoms with Crippen LogP contribution in [0.1, 0.15) is 24.2 Å². The van der Waals surface area contributed by atoms with Gasteiger partial charge in [0.05, 0.1) is 10.6 Å². The van der Waals surface area contributed by atoms with Crippen LogP contribution in [0.2, 0.25) is 5.02 Å². The molecule has 0 aliphatic rings. The SMILES string of the molecule is CCN(CC)c1ncc(C(=O)Nc2ccc(F)c(Cl)c2)cn1. The van der Waals surface area contributed by atoms with Crippen LogP contribution in [0, 0.1) is 5.82 Å². The normalized spacial score (nSPS) is 10.4. The van der Waals surface area contributed by atoms with Crippen LogP contribution in [0.4, 0.5) is 16.0 Å². The molecular weight excluding hydrogens is 307 g/mol. The van der Waals surface area contributed by atoms with Gasteiger partial charge in [0, 0.05) is 31.2 Å². The number of amides is 1. The third kappa shape index (κ3) is 3.71. The average molecular weight is 323 g/mol. The number of carbonyl (C=O) groups is 1. The zero-order valence-corrected chi connectivity index (χ0v) is 13.1. The van der Waals surface area contributed by atoms with E-state index in [2.05, 4.69) is 15.3 Å². The van der Waals surface area contributed by atoms with E-state index in [-0.39, 0.29) is 10.9 Å². The average Bonchev–Trinajstić information content (AvgIpc) is 2.53. The van der Waals surface area contributed by atoms with Crippen LogP contribution in [-0.4, -0.2) is 29.0 Å². The van der Waals surface area contributed by atoms with Gasteiger partial charge in [-0.25, -0.2) is 14.4 Å². The fourth-order valence-electron chi connectivity index (χ4n) is 1.89.